The summed E-state index contributed by atoms with van der Waals surface area (Å²) < 4.78 is 5.79. The Morgan fingerprint density at radius 2 is 1.97 bits per heavy atom. The molecule has 0 radical (unpaired) electrons. The van der Waals surface area contributed by atoms with Crippen LogP contribution in [-0.4, -0.2) is 35.1 Å². The third-order valence-electron chi connectivity index (χ3n) is 4.71. The van der Waals surface area contributed by atoms with E-state index in [9.17, 15) is 4.79 Å². The van der Waals surface area contributed by atoms with E-state index >= 15 is 0 Å². The van der Waals surface area contributed by atoms with E-state index in [2.05, 4.69) is 15.3 Å². The van der Waals surface area contributed by atoms with Crippen molar-refractivity contribution in [1.82, 2.24) is 15.3 Å². The van der Waals surface area contributed by atoms with E-state index in [4.69, 9.17) is 10.5 Å². The Hall–Kier alpha value is -3.09. The van der Waals surface area contributed by atoms with Gasteiger partial charge >= 0.3 is 0 Å². The Morgan fingerprint density at radius 3 is 2.86 bits per heavy atom. The summed E-state index contributed by atoms with van der Waals surface area (Å²) in [6.07, 6.45) is 4.12. The lowest BCUT2D eigenvalue weighted by molar-refractivity contribution is -0.122. The topological polar surface area (TPSA) is 93.0 Å². The lowest BCUT2D eigenvalue weighted by atomic mass is 10.1. The molecule has 4 N–H and O–H groups in total. The zero-order valence-electron chi connectivity index (χ0n) is 15.8. The van der Waals surface area contributed by atoms with Crippen molar-refractivity contribution in [1.29, 1.82) is 0 Å². The van der Waals surface area contributed by atoms with Crippen LogP contribution in [0.2, 0.25) is 0 Å². The number of nitrogens with zero attached hydrogens (tertiary/aromatic N) is 1. The van der Waals surface area contributed by atoms with E-state index in [1.807, 2.05) is 60.8 Å². The van der Waals surface area contributed by atoms with Crippen LogP contribution in [0.5, 0.6) is 5.75 Å². The molecule has 0 unspecified atom stereocenters. The highest BCUT2D eigenvalue weighted by Gasteiger charge is 2.16. The molecule has 2 aromatic carbocycles. The van der Waals surface area contributed by atoms with Crippen LogP contribution in [0.1, 0.15) is 5.56 Å². The number of carbonyl (C=O) groups excluding carboxylic acids is 1. The molecule has 0 aliphatic heterocycles. The highest BCUT2D eigenvalue weighted by molar-refractivity contribution is 5.86. The maximum absolute atomic E-state index is 12.3. The van der Waals surface area contributed by atoms with Gasteiger partial charge in [0.15, 0.2) is 0 Å². The van der Waals surface area contributed by atoms with Crippen LogP contribution in [0.3, 0.4) is 0 Å². The van der Waals surface area contributed by atoms with Crippen molar-refractivity contribution in [3.8, 4) is 5.75 Å². The molecule has 2 aromatic heterocycles. The molecule has 150 valence electrons. The first-order valence-electron chi connectivity index (χ1n) is 9.27. The predicted octanol–water partition coefficient (Wildman–Crippen LogP) is 3.20. The summed E-state index contributed by atoms with van der Waals surface area (Å²) in [5.41, 5.74) is 8.98. The molecule has 0 saturated carbocycles. The number of pyridine rings is 1. The molecule has 1 amide bonds. The van der Waals surface area contributed by atoms with Gasteiger partial charge in [0.1, 0.15) is 17.9 Å². The Balaban J connectivity index is 0.00000240. The highest BCUT2D eigenvalue weighted by atomic mass is 35.5. The highest BCUT2D eigenvalue weighted by Crippen LogP contribution is 2.22. The Kier molecular flexibility index (Phi) is 6.69. The second-order valence-electron chi connectivity index (χ2n) is 6.64. The second-order valence-corrected chi connectivity index (χ2v) is 6.64. The largest absolute Gasteiger partial charge is 0.489 e. The molecule has 0 fully saturated rings. The first-order chi connectivity index (χ1) is 13.7. The van der Waals surface area contributed by atoms with Crippen LogP contribution in [0.4, 0.5) is 0 Å². The Bertz CT molecular complexity index is 1110. The van der Waals surface area contributed by atoms with Gasteiger partial charge in [0.05, 0.1) is 12.6 Å². The number of H-pyrrole nitrogens is 1. The number of rotatable bonds is 7. The van der Waals surface area contributed by atoms with Gasteiger partial charge in [-0.1, -0.05) is 36.4 Å². The monoisotopic (exact) mass is 410 g/mol. The summed E-state index contributed by atoms with van der Waals surface area (Å²) in [6.45, 7) is 0.727. The summed E-state index contributed by atoms with van der Waals surface area (Å²) in [6, 6.07) is 17.0. The van der Waals surface area contributed by atoms with Crippen molar-refractivity contribution < 1.29 is 9.53 Å². The van der Waals surface area contributed by atoms with Crippen molar-refractivity contribution in [2.75, 3.05) is 13.2 Å². The fraction of sp³-hybridized carbons (Fsp3) is 0.182. The van der Waals surface area contributed by atoms with Crippen molar-refractivity contribution in [3.05, 3.63) is 72.6 Å². The minimum atomic E-state index is -0.613. The number of ether oxygens (including phenoxy) is 1. The molecule has 7 heteroatoms. The van der Waals surface area contributed by atoms with Gasteiger partial charge in [0.2, 0.25) is 5.91 Å². The van der Waals surface area contributed by atoms with E-state index in [0.29, 0.717) is 25.3 Å². The minimum Gasteiger partial charge on any atom is -0.489 e. The molecule has 0 saturated heterocycles. The van der Waals surface area contributed by atoms with Gasteiger partial charge < -0.3 is 20.8 Å². The maximum atomic E-state index is 12.3. The molecular formula is C22H23ClN4O2. The molecule has 0 bridgehead atoms. The second kappa shape index (κ2) is 9.41. The molecule has 4 aromatic rings. The van der Waals surface area contributed by atoms with Gasteiger partial charge in [-0.2, -0.15) is 0 Å². The number of amides is 1. The van der Waals surface area contributed by atoms with E-state index in [0.717, 1.165) is 27.4 Å². The van der Waals surface area contributed by atoms with Gasteiger partial charge in [0.25, 0.3) is 0 Å². The van der Waals surface area contributed by atoms with E-state index in [1.54, 1.807) is 6.20 Å². The lowest BCUT2D eigenvalue weighted by Gasteiger charge is -2.13. The van der Waals surface area contributed by atoms with Gasteiger partial charge in [-0.05, 0) is 30.2 Å². The summed E-state index contributed by atoms with van der Waals surface area (Å²) >= 11 is 0. The minimum absolute atomic E-state index is 0. The summed E-state index contributed by atoms with van der Waals surface area (Å²) in [5.74, 6) is 0.514. The number of nitrogens with one attached hydrogen (secondary N) is 2. The van der Waals surface area contributed by atoms with E-state index in [-0.39, 0.29) is 18.3 Å². The molecule has 0 spiro atoms. The quantitative estimate of drug-likeness (QED) is 0.408. The standard InChI is InChI=1S/C22H22N4O2.ClH/c23-18(13-16-14-26-19-8-2-1-7-17(16)19)22(27)25-11-12-28-20-9-3-5-15-6-4-10-24-21(15)20;/h1-10,14,18,26H,11-13,23H2,(H,25,27);1H/t18-;/m0./s1. The van der Waals surface area contributed by atoms with Crippen molar-refractivity contribution in [2.24, 2.45) is 5.73 Å². The fourth-order valence-electron chi connectivity index (χ4n) is 3.29. The van der Waals surface area contributed by atoms with Gasteiger partial charge in [-0.15, -0.1) is 12.4 Å². The molecule has 0 aliphatic rings. The van der Waals surface area contributed by atoms with Crippen LogP contribution in [0.15, 0.2) is 67.0 Å². The zero-order valence-corrected chi connectivity index (χ0v) is 16.6. The van der Waals surface area contributed by atoms with Crippen LogP contribution < -0.4 is 15.8 Å². The zero-order chi connectivity index (χ0) is 19.3. The summed E-state index contributed by atoms with van der Waals surface area (Å²) in [4.78, 5) is 19.9. The van der Waals surface area contributed by atoms with Crippen LogP contribution in [-0.2, 0) is 11.2 Å². The predicted molar refractivity (Wildman–Crippen MR) is 117 cm³/mol. The molecule has 2 heterocycles. The number of benzene rings is 2. The van der Waals surface area contributed by atoms with Gasteiger partial charge in [-0.3, -0.25) is 9.78 Å². The number of hydrogen-bond acceptors (Lipinski definition) is 4. The molecule has 0 aliphatic carbocycles. The smallest absolute Gasteiger partial charge is 0.237 e. The third kappa shape index (κ3) is 4.67. The Labute approximate surface area is 174 Å². The molecule has 1 atom stereocenters. The normalized spacial score (nSPS) is 11.8. The number of aromatic amines is 1. The SMILES string of the molecule is Cl.N[C@@H](Cc1c[nH]c2ccccc12)C(=O)NCCOc1cccc2cccnc12. The van der Waals surface area contributed by atoms with Crippen LogP contribution in [0.25, 0.3) is 21.8 Å². The maximum Gasteiger partial charge on any atom is 0.237 e. The van der Waals surface area contributed by atoms with Crippen molar-refractivity contribution >= 4 is 40.1 Å². The Morgan fingerprint density at radius 1 is 1.14 bits per heavy atom. The first kappa shape index (κ1) is 20.6. The molecular weight excluding hydrogens is 388 g/mol. The van der Waals surface area contributed by atoms with Crippen molar-refractivity contribution in [2.45, 2.75) is 12.5 Å². The van der Waals surface area contributed by atoms with Crippen LogP contribution >= 0.6 is 12.4 Å². The van der Waals surface area contributed by atoms with E-state index < -0.39 is 6.04 Å². The van der Waals surface area contributed by atoms with Gasteiger partial charge in [0, 0.05) is 28.7 Å². The molecule has 6 nitrogen and oxygen atoms in total. The molecule has 29 heavy (non-hydrogen) atoms. The number of aromatic nitrogens is 2. The number of carbonyl (C=O) groups is 1. The molecule has 4 rings (SSSR count). The van der Waals surface area contributed by atoms with Crippen LogP contribution in [0, 0.1) is 0 Å². The van der Waals surface area contributed by atoms with Crippen molar-refractivity contribution in [3.63, 3.8) is 0 Å². The number of nitrogens with two attached hydrogens (primary N) is 1. The number of halogens is 1. The van der Waals surface area contributed by atoms with Gasteiger partial charge in [-0.25, -0.2) is 0 Å². The number of para-hydroxylation sites is 2. The third-order valence-corrected chi connectivity index (χ3v) is 4.71. The van der Waals surface area contributed by atoms with E-state index in [1.165, 1.54) is 0 Å². The number of fused-ring (bicyclic) bond motifs is 2. The number of hydrogen-bond donors (Lipinski definition) is 3. The lowest BCUT2D eigenvalue weighted by Crippen LogP contribution is -2.43. The summed E-state index contributed by atoms with van der Waals surface area (Å²) in [7, 11) is 0. The average molecular weight is 411 g/mol. The fourth-order valence-corrected chi connectivity index (χ4v) is 3.29. The average Bonchev–Trinajstić information content (AvgIpc) is 3.14. The first-order valence-corrected chi connectivity index (χ1v) is 9.27. The summed E-state index contributed by atoms with van der Waals surface area (Å²) in [5, 5.41) is 4.95.